The molecule has 0 radical (unpaired) electrons. The summed E-state index contributed by atoms with van der Waals surface area (Å²) < 4.78 is 0. The molecule has 0 atom stereocenters. The second kappa shape index (κ2) is 7.59. The van der Waals surface area contributed by atoms with Gasteiger partial charge in [0.05, 0.1) is 0 Å². The summed E-state index contributed by atoms with van der Waals surface area (Å²) in [4.78, 5) is 27.4. The molecule has 0 rings (SSSR count). The van der Waals surface area contributed by atoms with Gasteiger partial charge < -0.3 is 4.90 Å². The summed E-state index contributed by atoms with van der Waals surface area (Å²) in [5.41, 5.74) is 0. The minimum atomic E-state index is -0.519. The molecule has 0 aliphatic carbocycles. The van der Waals surface area contributed by atoms with Gasteiger partial charge in [-0.15, -0.1) is 0 Å². The van der Waals surface area contributed by atoms with Crippen molar-refractivity contribution >= 4 is 29.0 Å². The van der Waals surface area contributed by atoms with Crippen molar-refractivity contribution in [3.63, 3.8) is 0 Å². The lowest BCUT2D eigenvalue weighted by Crippen LogP contribution is -2.36. The number of nitrogens with one attached hydrogen (secondary N) is 2. The fourth-order valence-corrected chi connectivity index (χ4v) is 0.923. The van der Waals surface area contributed by atoms with Crippen LogP contribution in [0.3, 0.4) is 0 Å². The predicted molar refractivity (Wildman–Crippen MR) is 65.2 cm³/mol. The van der Waals surface area contributed by atoms with Gasteiger partial charge in [0, 0.05) is 20.1 Å². The number of amides is 4. The van der Waals surface area contributed by atoms with Crippen molar-refractivity contribution in [2.45, 2.75) is 6.92 Å². The zero-order chi connectivity index (χ0) is 12.6. The third-order valence-electron chi connectivity index (χ3n) is 1.29. The van der Waals surface area contributed by atoms with Crippen molar-refractivity contribution < 1.29 is 9.59 Å². The number of hydrogen-bond donors (Lipinski definition) is 2. The highest BCUT2D eigenvalue weighted by Gasteiger charge is 2.07. The van der Waals surface area contributed by atoms with E-state index >= 15 is 0 Å². The van der Waals surface area contributed by atoms with Crippen LogP contribution in [-0.2, 0) is 0 Å². The molecule has 88 valence electrons. The maximum absolute atomic E-state index is 11.2. The van der Waals surface area contributed by atoms with E-state index in [2.05, 4.69) is 27.6 Å². The standard InChI is InChI=1S/C9H14N4O2S/c1-5-6-10-7(14)11-8(16-4)12-9(15)13(2)3/h1-4H3,(H2,10,11,12,14,15). The number of aliphatic imine (C=N–C) groups is 1. The minimum absolute atomic E-state index is 0.217. The zero-order valence-corrected chi connectivity index (χ0v) is 10.4. The van der Waals surface area contributed by atoms with Gasteiger partial charge in [0.1, 0.15) is 0 Å². The second-order valence-corrected chi connectivity index (χ2v) is 3.55. The summed E-state index contributed by atoms with van der Waals surface area (Å²) in [6, 6.07) is 1.42. The lowest BCUT2D eigenvalue weighted by Gasteiger charge is -2.08. The average molecular weight is 242 g/mol. The van der Waals surface area contributed by atoms with Crippen molar-refractivity contribution in [2.75, 3.05) is 20.4 Å². The Kier molecular flexibility index (Phi) is 6.79. The molecule has 4 amide bonds. The maximum atomic E-state index is 11.2. The van der Waals surface area contributed by atoms with Crippen LogP contribution in [0.2, 0.25) is 0 Å². The number of carbonyl (C=O) groups excluding carboxylic acids is 2. The summed E-state index contributed by atoms with van der Waals surface area (Å²) in [6.07, 6.45) is 1.70. The highest BCUT2D eigenvalue weighted by atomic mass is 32.2. The summed E-state index contributed by atoms with van der Waals surface area (Å²) in [5.74, 6) is 2.51. The normalized spacial score (nSPS) is 9.88. The van der Waals surface area contributed by atoms with Gasteiger partial charge in [-0.3, -0.25) is 10.6 Å². The Hall–Kier alpha value is -1.68. The number of urea groups is 2. The van der Waals surface area contributed by atoms with Gasteiger partial charge in [0.15, 0.2) is 5.17 Å². The third kappa shape index (κ3) is 5.93. The lowest BCUT2D eigenvalue weighted by molar-refractivity contribution is 0.227. The molecule has 0 unspecified atom stereocenters. The van der Waals surface area contributed by atoms with E-state index in [1.165, 1.54) is 4.90 Å². The first-order valence-corrected chi connectivity index (χ1v) is 5.56. The fourth-order valence-electron chi connectivity index (χ4n) is 0.559. The Morgan fingerprint density at radius 1 is 1.38 bits per heavy atom. The van der Waals surface area contributed by atoms with Crippen molar-refractivity contribution in [3.05, 3.63) is 0 Å². The van der Waals surface area contributed by atoms with Crippen LogP contribution >= 0.6 is 11.8 Å². The monoisotopic (exact) mass is 242 g/mol. The number of carbonyl (C=O) groups is 2. The van der Waals surface area contributed by atoms with Crippen molar-refractivity contribution in [3.8, 4) is 12.0 Å². The largest absolute Gasteiger partial charge is 0.345 e. The summed E-state index contributed by atoms with van der Waals surface area (Å²) in [5, 5.41) is 4.89. The van der Waals surface area contributed by atoms with Gasteiger partial charge >= 0.3 is 12.1 Å². The molecule has 16 heavy (non-hydrogen) atoms. The Morgan fingerprint density at radius 2 is 2.00 bits per heavy atom. The SMILES string of the molecule is CC#CNC(=O)NC(=NC(=O)N(C)C)SC. The number of nitrogens with zero attached hydrogens (tertiary/aromatic N) is 2. The molecule has 0 saturated heterocycles. The molecule has 7 heteroatoms. The third-order valence-corrected chi connectivity index (χ3v) is 1.87. The molecule has 0 aromatic rings. The van der Waals surface area contributed by atoms with Crippen LogP contribution in [0.1, 0.15) is 6.92 Å². The van der Waals surface area contributed by atoms with Crippen LogP contribution in [0, 0.1) is 12.0 Å². The smallest absolute Gasteiger partial charge is 0.329 e. The van der Waals surface area contributed by atoms with Gasteiger partial charge in [0.25, 0.3) is 0 Å². The molecule has 0 aromatic heterocycles. The average Bonchev–Trinajstić information content (AvgIpc) is 2.24. The first-order chi connectivity index (χ1) is 7.51. The van der Waals surface area contributed by atoms with Crippen molar-refractivity contribution in [1.29, 1.82) is 0 Å². The highest BCUT2D eigenvalue weighted by molar-refractivity contribution is 8.13. The van der Waals surface area contributed by atoms with E-state index in [0.29, 0.717) is 0 Å². The number of hydrogen-bond acceptors (Lipinski definition) is 3. The second-order valence-electron chi connectivity index (χ2n) is 2.75. The van der Waals surface area contributed by atoms with Gasteiger partial charge in [-0.2, -0.15) is 4.99 Å². The van der Waals surface area contributed by atoms with E-state index in [0.717, 1.165) is 11.8 Å². The molecule has 0 fully saturated rings. The number of rotatable bonds is 0. The van der Waals surface area contributed by atoms with E-state index in [-0.39, 0.29) is 5.17 Å². The molecule has 0 heterocycles. The molecular weight excluding hydrogens is 228 g/mol. The quantitative estimate of drug-likeness (QED) is 0.284. The first-order valence-electron chi connectivity index (χ1n) is 4.34. The van der Waals surface area contributed by atoms with E-state index in [1.807, 2.05) is 0 Å². The number of amidine groups is 1. The first kappa shape index (κ1) is 14.3. The summed E-state index contributed by atoms with van der Waals surface area (Å²) >= 11 is 1.16. The van der Waals surface area contributed by atoms with Crippen LogP contribution < -0.4 is 10.6 Å². The predicted octanol–water partition coefficient (Wildman–Crippen LogP) is 0.667. The Labute approximate surface area is 98.9 Å². The van der Waals surface area contributed by atoms with Crippen LogP contribution in [0.15, 0.2) is 4.99 Å². The fraction of sp³-hybridized carbons (Fsp3) is 0.444. The molecule has 0 aliphatic heterocycles. The van der Waals surface area contributed by atoms with Gasteiger partial charge in [-0.25, -0.2) is 9.59 Å². The lowest BCUT2D eigenvalue weighted by atomic mass is 10.8. The van der Waals surface area contributed by atoms with Gasteiger partial charge in [0.2, 0.25) is 0 Å². The van der Waals surface area contributed by atoms with Crippen molar-refractivity contribution in [1.82, 2.24) is 15.5 Å². The Morgan fingerprint density at radius 3 is 2.44 bits per heavy atom. The van der Waals surface area contributed by atoms with E-state index in [9.17, 15) is 9.59 Å². The van der Waals surface area contributed by atoms with E-state index in [1.54, 1.807) is 27.3 Å². The van der Waals surface area contributed by atoms with Crippen molar-refractivity contribution in [2.24, 2.45) is 4.99 Å². The van der Waals surface area contributed by atoms with Gasteiger partial charge in [-0.05, 0) is 13.2 Å². The van der Waals surface area contributed by atoms with Crippen LogP contribution in [0.4, 0.5) is 9.59 Å². The Balaban J connectivity index is 4.44. The van der Waals surface area contributed by atoms with Gasteiger partial charge in [-0.1, -0.05) is 17.7 Å². The molecule has 2 N–H and O–H groups in total. The van der Waals surface area contributed by atoms with Crippen LogP contribution in [0.5, 0.6) is 0 Å². The van der Waals surface area contributed by atoms with E-state index in [4.69, 9.17) is 0 Å². The van der Waals surface area contributed by atoms with Crippen LogP contribution in [0.25, 0.3) is 0 Å². The maximum Gasteiger partial charge on any atom is 0.345 e. The molecule has 6 nitrogen and oxygen atoms in total. The number of thioether (sulfide) groups is 1. The molecule has 0 bridgehead atoms. The molecule has 0 saturated carbocycles. The summed E-state index contributed by atoms with van der Waals surface area (Å²) in [6.45, 7) is 1.60. The Bertz CT molecular complexity index is 354. The van der Waals surface area contributed by atoms with E-state index < -0.39 is 12.1 Å². The topological polar surface area (TPSA) is 73.8 Å². The summed E-state index contributed by atoms with van der Waals surface area (Å²) in [7, 11) is 3.15. The molecule has 0 aromatic carbocycles. The molecule has 0 spiro atoms. The molecular formula is C9H14N4O2S. The van der Waals surface area contributed by atoms with Crippen LogP contribution in [-0.4, -0.2) is 42.5 Å². The zero-order valence-electron chi connectivity index (χ0n) is 9.62. The molecule has 0 aliphatic rings. The highest BCUT2D eigenvalue weighted by Crippen LogP contribution is 1.97. The minimum Gasteiger partial charge on any atom is -0.329 e.